The summed E-state index contributed by atoms with van der Waals surface area (Å²) in [5.74, 6) is 1.72. The molecular weight excluding hydrogens is 327 g/mol. The quantitative estimate of drug-likeness (QED) is 0.868. The normalized spacial score (nSPS) is 10.0. The minimum atomic E-state index is 0.482. The van der Waals surface area contributed by atoms with E-state index in [1.54, 1.807) is 0 Å². The zero-order chi connectivity index (χ0) is 12.1. The van der Waals surface area contributed by atoms with E-state index in [9.17, 15) is 0 Å². The Labute approximate surface area is 114 Å². The smallest absolute Gasteiger partial charge is 0.130 e. The largest absolute Gasteiger partial charge is 0.487 e. The Morgan fingerprint density at radius 1 is 1.24 bits per heavy atom. The van der Waals surface area contributed by atoms with Crippen LogP contribution in [0.25, 0.3) is 0 Å². The number of hydrogen-bond acceptors (Lipinski definition) is 3. The van der Waals surface area contributed by atoms with Gasteiger partial charge in [0, 0.05) is 10.6 Å². The highest BCUT2D eigenvalue weighted by Crippen LogP contribution is 2.16. The lowest BCUT2D eigenvalue weighted by Gasteiger charge is -2.07. The third kappa shape index (κ3) is 3.59. The number of pyridine rings is 1. The SMILES string of the molecule is CNc1cccc(COc2cccc(I)c2)n1. The molecule has 4 heteroatoms. The number of benzene rings is 1. The minimum absolute atomic E-state index is 0.482. The third-order valence-electron chi connectivity index (χ3n) is 2.25. The molecule has 1 heterocycles. The van der Waals surface area contributed by atoms with Crippen LogP contribution in [0.2, 0.25) is 0 Å². The number of nitrogens with one attached hydrogen (secondary N) is 1. The highest BCUT2D eigenvalue weighted by atomic mass is 127. The van der Waals surface area contributed by atoms with E-state index in [0.717, 1.165) is 20.8 Å². The molecule has 0 aliphatic rings. The zero-order valence-corrected chi connectivity index (χ0v) is 11.6. The summed E-state index contributed by atoms with van der Waals surface area (Å²) in [7, 11) is 1.85. The van der Waals surface area contributed by atoms with Gasteiger partial charge in [0.2, 0.25) is 0 Å². The van der Waals surface area contributed by atoms with E-state index in [1.807, 2.05) is 49.5 Å². The monoisotopic (exact) mass is 340 g/mol. The van der Waals surface area contributed by atoms with Crippen molar-refractivity contribution in [3.8, 4) is 5.75 Å². The number of halogens is 1. The second-order valence-corrected chi connectivity index (χ2v) is 4.76. The molecule has 0 radical (unpaired) electrons. The Hall–Kier alpha value is -1.30. The average molecular weight is 340 g/mol. The summed E-state index contributed by atoms with van der Waals surface area (Å²) in [4.78, 5) is 4.39. The summed E-state index contributed by atoms with van der Waals surface area (Å²) in [6, 6.07) is 13.8. The molecule has 0 bridgehead atoms. The number of anilines is 1. The molecule has 0 aliphatic carbocycles. The topological polar surface area (TPSA) is 34.1 Å². The lowest BCUT2D eigenvalue weighted by atomic mass is 10.3. The van der Waals surface area contributed by atoms with Crippen molar-refractivity contribution < 1.29 is 4.74 Å². The maximum absolute atomic E-state index is 5.68. The predicted molar refractivity (Wildman–Crippen MR) is 77.3 cm³/mol. The first-order chi connectivity index (χ1) is 8.28. The Morgan fingerprint density at radius 3 is 2.82 bits per heavy atom. The molecule has 1 aromatic carbocycles. The van der Waals surface area contributed by atoms with Crippen LogP contribution in [0.4, 0.5) is 5.82 Å². The third-order valence-corrected chi connectivity index (χ3v) is 2.92. The molecule has 0 spiro atoms. The Morgan fingerprint density at radius 2 is 2.06 bits per heavy atom. The van der Waals surface area contributed by atoms with Crippen molar-refractivity contribution in [3.63, 3.8) is 0 Å². The molecule has 0 unspecified atom stereocenters. The van der Waals surface area contributed by atoms with E-state index in [-0.39, 0.29) is 0 Å². The van der Waals surface area contributed by atoms with Crippen molar-refractivity contribution in [1.29, 1.82) is 0 Å². The molecule has 0 aliphatic heterocycles. The van der Waals surface area contributed by atoms with Crippen molar-refractivity contribution in [2.24, 2.45) is 0 Å². The van der Waals surface area contributed by atoms with Crippen LogP contribution in [-0.4, -0.2) is 12.0 Å². The van der Waals surface area contributed by atoms with Gasteiger partial charge in [-0.05, 0) is 52.9 Å². The molecule has 0 saturated heterocycles. The Kier molecular flexibility index (Phi) is 4.19. The first-order valence-electron chi connectivity index (χ1n) is 5.30. The van der Waals surface area contributed by atoms with Crippen LogP contribution in [0, 0.1) is 3.57 Å². The lowest BCUT2D eigenvalue weighted by molar-refractivity contribution is 0.301. The lowest BCUT2D eigenvalue weighted by Crippen LogP contribution is -2.00. The molecule has 88 valence electrons. The zero-order valence-electron chi connectivity index (χ0n) is 9.48. The Balaban J connectivity index is 2.02. The van der Waals surface area contributed by atoms with Gasteiger partial charge in [-0.2, -0.15) is 0 Å². The van der Waals surface area contributed by atoms with Crippen LogP contribution in [0.1, 0.15) is 5.69 Å². The van der Waals surface area contributed by atoms with Gasteiger partial charge in [0.05, 0.1) is 5.69 Å². The second-order valence-electron chi connectivity index (χ2n) is 3.51. The van der Waals surface area contributed by atoms with E-state index < -0.39 is 0 Å². The summed E-state index contributed by atoms with van der Waals surface area (Å²) < 4.78 is 6.84. The predicted octanol–water partition coefficient (Wildman–Crippen LogP) is 3.31. The van der Waals surface area contributed by atoms with Gasteiger partial charge in [-0.25, -0.2) is 4.98 Å². The van der Waals surface area contributed by atoms with Gasteiger partial charge >= 0.3 is 0 Å². The maximum atomic E-state index is 5.68. The highest BCUT2D eigenvalue weighted by molar-refractivity contribution is 14.1. The van der Waals surface area contributed by atoms with Crippen molar-refractivity contribution in [1.82, 2.24) is 4.98 Å². The molecule has 2 aromatic rings. The summed E-state index contributed by atoms with van der Waals surface area (Å²) in [6.07, 6.45) is 0. The van der Waals surface area contributed by atoms with Crippen LogP contribution in [0.3, 0.4) is 0 Å². The van der Waals surface area contributed by atoms with Gasteiger partial charge in [-0.3, -0.25) is 0 Å². The molecule has 1 aromatic heterocycles. The van der Waals surface area contributed by atoms with Gasteiger partial charge in [-0.15, -0.1) is 0 Å². The minimum Gasteiger partial charge on any atom is -0.487 e. The van der Waals surface area contributed by atoms with Crippen molar-refractivity contribution in [2.75, 3.05) is 12.4 Å². The van der Waals surface area contributed by atoms with E-state index in [1.165, 1.54) is 0 Å². The average Bonchev–Trinajstić information content (AvgIpc) is 2.37. The number of hydrogen-bond donors (Lipinski definition) is 1. The summed E-state index contributed by atoms with van der Waals surface area (Å²) >= 11 is 2.27. The molecule has 1 N–H and O–H groups in total. The molecule has 2 rings (SSSR count). The molecule has 0 saturated carbocycles. The van der Waals surface area contributed by atoms with E-state index >= 15 is 0 Å². The van der Waals surface area contributed by atoms with E-state index in [0.29, 0.717) is 6.61 Å². The maximum Gasteiger partial charge on any atom is 0.130 e. The fourth-order valence-corrected chi connectivity index (χ4v) is 1.93. The van der Waals surface area contributed by atoms with Crippen LogP contribution >= 0.6 is 22.6 Å². The first kappa shape index (κ1) is 12.2. The highest BCUT2D eigenvalue weighted by Gasteiger charge is 1.99. The molecule has 0 atom stereocenters. The number of ether oxygens (including phenoxy) is 1. The molecule has 17 heavy (non-hydrogen) atoms. The van der Waals surface area contributed by atoms with E-state index in [2.05, 4.69) is 32.9 Å². The van der Waals surface area contributed by atoms with Crippen molar-refractivity contribution in [3.05, 3.63) is 51.7 Å². The number of nitrogens with zero attached hydrogens (tertiary/aromatic N) is 1. The van der Waals surface area contributed by atoms with Crippen LogP contribution < -0.4 is 10.1 Å². The summed E-state index contributed by atoms with van der Waals surface area (Å²) in [6.45, 7) is 0.482. The van der Waals surface area contributed by atoms with Gasteiger partial charge < -0.3 is 10.1 Å². The van der Waals surface area contributed by atoms with Gasteiger partial charge in [0.25, 0.3) is 0 Å². The summed E-state index contributed by atoms with van der Waals surface area (Å²) in [5.41, 5.74) is 0.913. The standard InChI is InChI=1S/C13H13IN2O/c1-15-13-7-3-5-11(16-13)9-17-12-6-2-4-10(14)8-12/h2-8H,9H2,1H3,(H,15,16). The molecule has 0 amide bonds. The fraction of sp³-hybridized carbons (Fsp3) is 0.154. The van der Waals surface area contributed by atoms with Gasteiger partial charge in [0.1, 0.15) is 18.2 Å². The fourth-order valence-electron chi connectivity index (χ4n) is 1.41. The van der Waals surface area contributed by atoms with Crippen molar-refractivity contribution >= 4 is 28.4 Å². The molecular formula is C13H13IN2O. The van der Waals surface area contributed by atoms with Crippen LogP contribution in [-0.2, 0) is 6.61 Å². The molecule has 0 fully saturated rings. The summed E-state index contributed by atoms with van der Waals surface area (Å²) in [5, 5.41) is 3.01. The number of rotatable bonds is 4. The molecule has 3 nitrogen and oxygen atoms in total. The second kappa shape index (κ2) is 5.86. The van der Waals surface area contributed by atoms with Crippen molar-refractivity contribution in [2.45, 2.75) is 6.61 Å². The van der Waals surface area contributed by atoms with Crippen LogP contribution in [0.5, 0.6) is 5.75 Å². The number of aromatic nitrogens is 1. The first-order valence-corrected chi connectivity index (χ1v) is 6.38. The van der Waals surface area contributed by atoms with E-state index in [4.69, 9.17) is 4.74 Å². The van der Waals surface area contributed by atoms with Crippen LogP contribution in [0.15, 0.2) is 42.5 Å². The Bertz CT molecular complexity index is 502. The van der Waals surface area contributed by atoms with Gasteiger partial charge in [-0.1, -0.05) is 12.1 Å². The van der Waals surface area contributed by atoms with Gasteiger partial charge in [0.15, 0.2) is 0 Å².